The number of nitrogens with one attached hydrogen (secondary N) is 1. The predicted octanol–water partition coefficient (Wildman–Crippen LogP) is 8.55. The summed E-state index contributed by atoms with van der Waals surface area (Å²) in [7, 11) is -4.19. The van der Waals surface area contributed by atoms with E-state index in [1.54, 1.807) is 6.92 Å². The molecule has 0 aromatic rings. The van der Waals surface area contributed by atoms with Crippen LogP contribution in [0.5, 0.6) is 0 Å². The quantitative estimate of drug-likeness (QED) is 0.0202. The van der Waals surface area contributed by atoms with Crippen molar-refractivity contribution in [2.75, 3.05) is 12.3 Å². The lowest BCUT2D eigenvalue weighted by Gasteiger charge is -2.25. The lowest BCUT2D eigenvalue weighted by Crippen LogP contribution is -2.36. The molecule has 0 spiro atoms. The van der Waals surface area contributed by atoms with E-state index in [-0.39, 0.29) is 31.8 Å². The van der Waals surface area contributed by atoms with E-state index in [4.69, 9.17) is 14.0 Å². The Morgan fingerprint density at radius 3 is 1.94 bits per heavy atom. The maximum atomic E-state index is 12.3. The lowest BCUT2D eigenvalue weighted by atomic mass is 9.93. The number of aliphatic hydroxyl groups is 1. The number of unbranched alkanes of at least 4 members (excludes halogenated alkanes) is 15. The average Bonchev–Trinajstić information content (AvgIpc) is 3.02. The maximum Gasteiger partial charge on any atom is 0.307 e. The molecule has 0 aliphatic heterocycles. The Kier molecular flexibility index (Phi) is 29.7. The zero-order chi connectivity index (χ0) is 38.2. The van der Waals surface area contributed by atoms with Gasteiger partial charge < -0.3 is 19.9 Å². The molecule has 11 heteroatoms. The Hall–Kier alpha value is -2.42. The molecule has 0 rings (SSSR count). The predicted molar refractivity (Wildman–Crippen MR) is 205 cm³/mol. The van der Waals surface area contributed by atoms with E-state index < -0.39 is 45.6 Å². The second-order valence-corrected chi connectivity index (χ2v) is 15.8. The first kappa shape index (κ1) is 48.6. The molecule has 1 amide bonds. The highest BCUT2D eigenvalue weighted by Gasteiger charge is 2.26. The van der Waals surface area contributed by atoms with Gasteiger partial charge in [-0.25, -0.2) is 0 Å². The number of amides is 1. The third-order valence-corrected chi connectivity index (χ3v) is 9.35. The lowest BCUT2D eigenvalue weighted by molar-refractivity contribution is -0.153. The summed E-state index contributed by atoms with van der Waals surface area (Å²) in [6.45, 7) is 6.53. The second kappa shape index (κ2) is 31.1. The molecule has 3 atom stereocenters. The van der Waals surface area contributed by atoms with Gasteiger partial charge in [0.25, 0.3) is 10.1 Å². The number of hydrogen-bond donors (Lipinski definition) is 3. The molecule has 0 aromatic carbocycles. The minimum absolute atomic E-state index is 0.180. The van der Waals surface area contributed by atoms with Crippen molar-refractivity contribution in [3.05, 3.63) is 12.2 Å². The van der Waals surface area contributed by atoms with Gasteiger partial charge >= 0.3 is 11.9 Å². The van der Waals surface area contributed by atoms with Crippen molar-refractivity contribution >= 4 is 28.0 Å². The van der Waals surface area contributed by atoms with Gasteiger partial charge in [0.15, 0.2) is 0 Å². The molecule has 0 saturated heterocycles. The van der Waals surface area contributed by atoms with E-state index >= 15 is 0 Å². The van der Waals surface area contributed by atoms with Crippen molar-refractivity contribution in [2.24, 2.45) is 0 Å². The fraction of sp³-hybridized carbons (Fsp3) is 0.825. The number of hydrogen-bond acceptors (Lipinski definition) is 8. The Balaban J connectivity index is 4.04. The van der Waals surface area contributed by atoms with Gasteiger partial charge in [0.05, 0.1) is 24.2 Å². The zero-order valence-electron chi connectivity index (χ0n) is 32.4. The first-order valence-electron chi connectivity index (χ1n) is 19.7. The summed E-state index contributed by atoms with van der Waals surface area (Å²) in [5, 5.41) is 12.9. The Morgan fingerprint density at radius 1 is 0.824 bits per heavy atom. The number of esters is 2. The largest absolute Gasteiger partial charge is 0.462 e. The smallest absolute Gasteiger partial charge is 0.307 e. The van der Waals surface area contributed by atoms with E-state index in [1.807, 2.05) is 0 Å². The van der Waals surface area contributed by atoms with Crippen molar-refractivity contribution < 1.29 is 41.9 Å². The molecule has 3 N–H and O–H groups in total. The van der Waals surface area contributed by atoms with Crippen LogP contribution in [0.25, 0.3) is 0 Å². The van der Waals surface area contributed by atoms with Crippen molar-refractivity contribution in [3.8, 4) is 11.8 Å². The van der Waals surface area contributed by atoms with Crippen LogP contribution in [0.15, 0.2) is 12.2 Å². The van der Waals surface area contributed by atoms with Gasteiger partial charge in [-0.3, -0.25) is 18.9 Å². The number of allylic oxidation sites excluding steroid dienone is 2. The van der Waals surface area contributed by atoms with E-state index in [0.717, 1.165) is 19.3 Å². The van der Waals surface area contributed by atoms with Gasteiger partial charge in [0.1, 0.15) is 12.2 Å². The molecular weight excluding hydrogens is 671 g/mol. The average molecular weight is 742 g/mol. The van der Waals surface area contributed by atoms with Crippen LogP contribution >= 0.6 is 0 Å². The van der Waals surface area contributed by atoms with Crippen LogP contribution in [0, 0.1) is 11.8 Å². The van der Waals surface area contributed by atoms with Crippen LogP contribution in [0.2, 0.25) is 0 Å². The number of ether oxygens (including phenoxy) is 2. The molecule has 51 heavy (non-hydrogen) atoms. The van der Waals surface area contributed by atoms with Crippen LogP contribution in [-0.2, 0) is 34.0 Å². The minimum atomic E-state index is -4.19. The first-order chi connectivity index (χ1) is 24.2. The normalized spacial score (nSPS) is 13.9. The monoisotopic (exact) mass is 741 g/mol. The molecule has 0 bridgehead atoms. The van der Waals surface area contributed by atoms with Gasteiger partial charge in [-0.2, -0.15) is 8.42 Å². The van der Waals surface area contributed by atoms with Crippen molar-refractivity contribution in [3.63, 3.8) is 0 Å². The molecule has 0 radical (unpaired) electrons. The van der Waals surface area contributed by atoms with Crippen LogP contribution in [0.4, 0.5) is 0 Å². The van der Waals surface area contributed by atoms with Crippen LogP contribution in [-0.4, -0.2) is 66.0 Å². The SMILES string of the molecule is CCCCCCCCCCCCCCCC/C=C\CCC#CCCC(=O)O[C@H](C)C[C@H](CCC[C@@](C)(O)CC(=O)NCCS(=O)(=O)O)OC(C)=O. The highest BCUT2D eigenvalue weighted by atomic mass is 32.2. The van der Waals surface area contributed by atoms with Crippen LogP contribution in [0.1, 0.15) is 182 Å². The van der Waals surface area contributed by atoms with Gasteiger partial charge in [-0.15, -0.1) is 11.8 Å². The summed E-state index contributed by atoms with van der Waals surface area (Å²) < 4.78 is 41.2. The molecule has 0 aliphatic carbocycles. The Labute approximate surface area is 310 Å². The van der Waals surface area contributed by atoms with Gasteiger partial charge in [0, 0.05) is 32.7 Å². The number of rotatable bonds is 32. The number of carbonyl (C=O) groups is 3. The highest BCUT2D eigenvalue weighted by Crippen LogP contribution is 2.21. The maximum absolute atomic E-state index is 12.3. The Morgan fingerprint density at radius 2 is 1.37 bits per heavy atom. The number of carbonyl (C=O) groups excluding carboxylic acids is 3. The molecule has 0 saturated carbocycles. The van der Waals surface area contributed by atoms with E-state index in [0.29, 0.717) is 25.7 Å². The van der Waals surface area contributed by atoms with Crippen molar-refractivity contribution in [1.82, 2.24) is 5.32 Å². The van der Waals surface area contributed by atoms with Gasteiger partial charge in [-0.1, -0.05) is 103 Å². The van der Waals surface area contributed by atoms with E-state index in [9.17, 15) is 27.9 Å². The fourth-order valence-electron chi connectivity index (χ4n) is 5.88. The van der Waals surface area contributed by atoms with Crippen molar-refractivity contribution in [2.45, 2.75) is 200 Å². The highest BCUT2D eigenvalue weighted by molar-refractivity contribution is 7.85. The second-order valence-electron chi connectivity index (χ2n) is 14.2. The first-order valence-corrected chi connectivity index (χ1v) is 21.3. The van der Waals surface area contributed by atoms with Crippen molar-refractivity contribution in [1.29, 1.82) is 0 Å². The summed E-state index contributed by atoms with van der Waals surface area (Å²) in [5.74, 6) is 4.17. The molecule has 0 unspecified atom stereocenters. The summed E-state index contributed by atoms with van der Waals surface area (Å²) in [4.78, 5) is 36.0. The topological polar surface area (TPSA) is 156 Å². The standard InChI is InChI=1S/C40H71NO9S/c1-5-6-7-8-9-10-11-12-13-14-15-16-17-18-19-20-21-22-23-24-25-26-29-39(44)49-35(2)33-37(50-36(3)42)28-27-30-40(4,45)34-38(43)41-31-32-51(46,47)48/h20-21,35,37,45H,5-19,22-23,26-34H2,1-4H3,(H,41,43)(H,46,47,48)/b21-20-/t35-,37+,40-/m1/s1. The third kappa shape index (κ3) is 35.8. The van der Waals surface area contributed by atoms with E-state index in [1.165, 1.54) is 104 Å². The molecule has 0 aromatic heterocycles. The molecular formula is C40H71NO9S. The molecule has 0 heterocycles. The van der Waals surface area contributed by atoms with Crippen LogP contribution < -0.4 is 5.32 Å². The van der Waals surface area contributed by atoms with Crippen LogP contribution in [0.3, 0.4) is 0 Å². The van der Waals surface area contributed by atoms with E-state index in [2.05, 4.69) is 36.2 Å². The summed E-state index contributed by atoms with van der Waals surface area (Å²) in [6, 6.07) is 0. The summed E-state index contributed by atoms with van der Waals surface area (Å²) >= 11 is 0. The third-order valence-electron chi connectivity index (χ3n) is 8.63. The summed E-state index contributed by atoms with van der Waals surface area (Å²) in [6.07, 6.45) is 27.1. The molecule has 10 nitrogen and oxygen atoms in total. The Bertz CT molecular complexity index is 1120. The zero-order valence-corrected chi connectivity index (χ0v) is 33.2. The molecule has 0 aliphatic rings. The summed E-state index contributed by atoms with van der Waals surface area (Å²) in [5.41, 5.74) is -1.37. The van der Waals surface area contributed by atoms with Gasteiger partial charge in [-0.05, 0) is 52.4 Å². The fourth-order valence-corrected chi connectivity index (χ4v) is 6.24. The molecule has 296 valence electrons. The minimum Gasteiger partial charge on any atom is -0.462 e. The van der Waals surface area contributed by atoms with Gasteiger partial charge in [0.2, 0.25) is 5.91 Å². The molecule has 0 fully saturated rings.